The van der Waals surface area contributed by atoms with Crippen molar-refractivity contribution in [3.63, 3.8) is 0 Å². The molecule has 0 radical (unpaired) electrons. The van der Waals surface area contributed by atoms with E-state index in [0.29, 0.717) is 17.9 Å². The molecule has 1 saturated heterocycles. The van der Waals surface area contributed by atoms with Gasteiger partial charge in [-0.1, -0.05) is 24.8 Å². The predicted octanol–water partition coefficient (Wildman–Crippen LogP) is 3.45. The number of hydrogen-bond acceptors (Lipinski definition) is 5. The summed E-state index contributed by atoms with van der Waals surface area (Å²) in [5.41, 5.74) is 0.570. The van der Waals surface area contributed by atoms with Crippen molar-refractivity contribution in [1.82, 2.24) is 4.90 Å². The van der Waals surface area contributed by atoms with Crippen LogP contribution in [0.2, 0.25) is 0 Å². The lowest BCUT2D eigenvalue weighted by molar-refractivity contribution is -0.139. The van der Waals surface area contributed by atoms with Crippen LogP contribution in [0, 0.1) is 5.82 Å². The third-order valence-electron chi connectivity index (χ3n) is 4.66. The van der Waals surface area contributed by atoms with Gasteiger partial charge in [-0.2, -0.15) is 0 Å². The second kappa shape index (κ2) is 8.18. The number of amides is 1. The summed E-state index contributed by atoms with van der Waals surface area (Å²) in [6.45, 7) is 3.92. The number of nitrogens with zero attached hydrogens (tertiary/aromatic N) is 1. The number of ketones is 1. The van der Waals surface area contributed by atoms with Crippen LogP contribution in [0.4, 0.5) is 4.39 Å². The molecule has 150 valence electrons. The van der Waals surface area contributed by atoms with E-state index in [1.54, 1.807) is 30.3 Å². The van der Waals surface area contributed by atoms with Crippen LogP contribution in [0.15, 0.2) is 60.7 Å². The summed E-state index contributed by atoms with van der Waals surface area (Å²) in [6, 6.07) is 9.80. The summed E-state index contributed by atoms with van der Waals surface area (Å²) in [6.07, 6.45) is 1.61. The second-order valence-electron chi connectivity index (χ2n) is 6.43. The molecular formula is C22H20FNO5. The zero-order chi connectivity index (χ0) is 21.1. The fraction of sp³-hybridized carbons (Fsp3) is 0.182. The molecule has 1 atom stereocenters. The Morgan fingerprint density at radius 3 is 2.52 bits per heavy atom. The molecule has 0 bridgehead atoms. The van der Waals surface area contributed by atoms with E-state index in [-0.39, 0.29) is 16.9 Å². The van der Waals surface area contributed by atoms with Gasteiger partial charge in [0.15, 0.2) is 11.6 Å². The average molecular weight is 397 g/mol. The van der Waals surface area contributed by atoms with E-state index >= 15 is 0 Å². The number of Topliss-reactive ketones (excluding diaryl/α,β-unsaturated/α-hetero) is 1. The van der Waals surface area contributed by atoms with Crippen LogP contribution in [0.5, 0.6) is 11.5 Å². The van der Waals surface area contributed by atoms with Crippen LogP contribution in [-0.2, 0) is 9.59 Å². The minimum absolute atomic E-state index is 0.00385. The zero-order valence-electron chi connectivity index (χ0n) is 16.0. The van der Waals surface area contributed by atoms with Gasteiger partial charge in [0.25, 0.3) is 11.7 Å². The third kappa shape index (κ3) is 3.71. The molecule has 1 N–H and O–H groups in total. The molecule has 1 amide bonds. The molecule has 29 heavy (non-hydrogen) atoms. The first kappa shape index (κ1) is 20.1. The van der Waals surface area contributed by atoms with Crippen molar-refractivity contribution in [2.45, 2.75) is 6.04 Å². The van der Waals surface area contributed by atoms with Crippen molar-refractivity contribution in [2.75, 3.05) is 20.8 Å². The average Bonchev–Trinajstić information content (AvgIpc) is 2.96. The summed E-state index contributed by atoms with van der Waals surface area (Å²) in [7, 11) is 2.80. The normalized spacial score (nSPS) is 18.0. The molecular weight excluding hydrogens is 377 g/mol. The van der Waals surface area contributed by atoms with Crippen molar-refractivity contribution in [3.05, 3.63) is 77.6 Å². The van der Waals surface area contributed by atoms with E-state index in [0.717, 1.165) is 6.07 Å². The Kier molecular flexibility index (Phi) is 5.68. The monoisotopic (exact) mass is 397 g/mol. The third-order valence-corrected chi connectivity index (χ3v) is 4.66. The minimum atomic E-state index is -0.835. The lowest BCUT2D eigenvalue weighted by Crippen LogP contribution is -2.24. The van der Waals surface area contributed by atoms with E-state index < -0.39 is 29.3 Å². The number of halogens is 1. The lowest BCUT2D eigenvalue weighted by atomic mass is 9.95. The Hall–Kier alpha value is -3.61. The van der Waals surface area contributed by atoms with Crippen LogP contribution in [0.3, 0.4) is 0 Å². The fourth-order valence-electron chi connectivity index (χ4n) is 3.21. The highest BCUT2D eigenvalue weighted by atomic mass is 19.1. The summed E-state index contributed by atoms with van der Waals surface area (Å²) >= 11 is 0. The molecule has 1 fully saturated rings. The quantitative estimate of drug-likeness (QED) is 0.350. The molecule has 2 aromatic carbocycles. The summed E-state index contributed by atoms with van der Waals surface area (Å²) < 4.78 is 24.4. The number of ether oxygens (including phenoxy) is 2. The highest BCUT2D eigenvalue weighted by Crippen LogP contribution is 2.39. The van der Waals surface area contributed by atoms with Crippen LogP contribution in [0.25, 0.3) is 5.76 Å². The standard InChI is InChI=1S/C22H20FNO5/c1-4-11-29-15-8-5-13(6-9-15)19-18(21(26)22(27)24(19)2)20(25)14-7-10-17(28-3)16(23)12-14/h4-10,12,19,25H,1,11H2,2-3H3/b20-18+. The van der Waals surface area contributed by atoms with Crippen molar-refractivity contribution < 1.29 is 28.6 Å². The number of hydrogen-bond donors (Lipinski definition) is 1. The number of likely N-dealkylation sites (tertiary alicyclic amines) is 1. The van der Waals surface area contributed by atoms with Gasteiger partial charge in [-0.05, 0) is 35.9 Å². The SMILES string of the molecule is C=CCOc1ccc(C2/C(=C(\O)c3ccc(OC)c(F)c3)C(=O)C(=O)N2C)cc1. The van der Waals surface area contributed by atoms with E-state index in [1.165, 1.54) is 31.2 Å². The molecule has 6 nitrogen and oxygen atoms in total. The Balaban J connectivity index is 2.06. The number of likely N-dealkylation sites (N-methyl/N-ethyl adjacent to an activating group) is 1. The van der Waals surface area contributed by atoms with Crippen LogP contribution >= 0.6 is 0 Å². The minimum Gasteiger partial charge on any atom is -0.507 e. The number of aliphatic hydroxyl groups is 1. The zero-order valence-corrected chi connectivity index (χ0v) is 16.0. The van der Waals surface area contributed by atoms with Gasteiger partial charge in [0.05, 0.1) is 18.7 Å². The molecule has 0 aliphatic carbocycles. The maximum absolute atomic E-state index is 14.1. The summed E-state index contributed by atoms with van der Waals surface area (Å²) in [5, 5.41) is 10.8. The molecule has 1 heterocycles. The number of rotatable bonds is 6. The maximum Gasteiger partial charge on any atom is 0.295 e. The molecule has 1 aliphatic rings. The number of carbonyl (C=O) groups is 2. The van der Waals surface area contributed by atoms with E-state index in [4.69, 9.17) is 9.47 Å². The smallest absolute Gasteiger partial charge is 0.295 e. The van der Waals surface area contributed by atoms with Gasteiger partial charge < -0.3 is 19.5 Å². The first-order valence-corrected chi connectivity index (χ1v) is 8.81. The Morgan fingerprint density at radius 1 is 1.24 bits per heavy atom. The molecule has 1 aliphatic heterocycles. The number of aliphatic hydroxyl groups excluding tert-OH is 1. The molecule has 0 aromatic heterocycles. The molecule has 7 heteroatoms. The van der Waals surface area contributed by atoms with Gasteiger partial charge in [-0.3, -0.25) is 9.59 Å². The van der Waals surface area contributed by atoms with Gasteiger partial charge in [0, 0.05) is 12.6 Å². The van der Waals surface area contributed by atoms with Crippen molar-refractivity contribution in [2.24, 2.45) is 0 Å². The molecule has 0 saturated carbocycles. The van der Waals surface area contributed by atoms with E-state index in [2.05, 4.69) is 6.58 Å². The number of carbonyl (C=O) groups excluding carboxylic acids is 2. The van der Waals surface area contributed by atoms with Gasteiger partial charge in [0.1, 0.15) is 18.1 Å². The molecule has 2 aromatic rings. The maximum atomic E-state index is 14.1. The summed E-state index contributed by atoms with van der Waals surface area (Å²) in [4.78, 5) is 26.1. The van der Waals surface area contributed by atoms with Crippen molar-refractivity contribution >= 4 is 17.4 Å². The highest BCUT2D eigenvalue weighted by Gasteiger charge is 2.44. The predicted molar refractivity (Wildman–Crippen MR) is 105 cm³/mol. The Morgan fingerprint density at radius 2 is 1.93 bits per heavy atom. The highest BCUT2D eigenvalue weighted by molar-refractivity contribution is 6.46. The van der Waals surface area contributed by atoms with Crippen LogP contribution in [0.1, 0.15) is 17.2 Å². The van der Waals surface area contributed by atoms with E-state index in [1.807, 2.05) is 0 Å². The van der Waals surface area contributed by atoms with E-state index in [9.17, 15) is 19.1 Å². The Bertz CT molecular complexity index is 997. The Labute approximate surface area is 167 Å². The van der Waals surface area contributed by atoms with Gasteiger partial charge in [-0.25, -0.2) is 4.39 Å². The number of methoxy groups -OCH3 is 1. The van der Waals surface area contributed by atoms with Crippen molar-refractivity contribution in [1.29, 1.82) is 0 Å². The van der Waals surface area contributed by atoms with Gasteiger partial charge in [0.2, 0.25) is 0 Å². The van der Waals surface area contributed by atoms with Crippen molar-refractivity contribution in [3.8, 4) is 11.5 Å². The lowest BCUT2D eigenvalue weighted by Gasteiger charge is -2.21. The molecule has 3 rings (SSSR count). The fourth-order valence-corrected chi connectivity index (χ4v) is 3.21. The molecule has 1 unspecified atom stereocenters. The van der Waals surface area contributed by atoms with Crippen LogP contribution < -0.4 is 9.47 Å². The van der Waals surface area contributed by atoms with Gasteiger partial charge >= 0.3 is 0 Å². The second-order valence-corrected chi connectivity index (χ2v) is 6.43. The van der Waals surface area contributed by atoms with Gasteiger partial charge in [-0.15, -0.1) is 0 Å². The number of benzene rings is 2. The van der Waals surface area contributed by atoms with Crippen LogP contribution in [-0.4, -0.2) is 42.5 Å². The first-order valence-electron chi connectivity index (χ1n) is 8.81. The topological polar surface area (TPSA) is 76.1 Å². The molecule has 0 spiro atoms. The first-order chi connectivity index (χ1) is 13.9. The largest absolute Gasteiger partial charge is 0.507 e. The summed E-state index contributed by atoms with van der Waals surface area (Å²) in [5.74, 6) is -2.13.